The summed E-state index contributed by atoms with van der Waals surface area (Å²) in [5, 5.41) is 4.24. The van der Waals surface area contributed by atoms with E-state index in [0.717, 1.165) is 5.69 Å². The molecule has 112 valence electrons. The van der Waals surface area contributed by atoms with E-state index in [1.165, 1.54) is 43.4 Å². The van der Waals surface area contributed by atoms with Crippen molar-refractivity contribution < 1.29 is 4.79 Å². The minimum Gasteiger partial charge on any atom is -0.389 e. The summed E-state index contributed by atoms with van der Waals surface area (Å²) in [6.07, 6.45) is 6.81. The minimum absolute atomic E-state index is 0.0751. The lowest BCUT2D eigenvalue weighted by Gasteiger charge is -2.20. The fourth-order valence-electron chi connectivity index (χ4n) is 2.75. The molecule has 0 aromatic carbocycles. The summed E-state index contributed by atoms with van der Waals surface area (Å²) in [4.78, 5) is 16.5. The zero-order valence-corrected chi connectivity index (χ0v) is 13.5. The van der Waals surface area contributed by atoms with E-state index in [4.69, 9.17) is 5.73 Å². The van der Waals surface area contributed by atoms with Crippen LogP contribution >= 0.6 is 11.3 Å². The number of aromatic nitrogens is 1. The fourth-order valence-corrected chi connectivity index (χ4v) is 3.71. The van der Waals surface area contributed by atoms with Gasteiger partial charge in [0.15, 0.2) is 5.13 Å². The van der Waals surface area contributed by atoms with Crippen LogP contribution in [-0.2, 0) is 10.2 Å². The van der Waals surface area contributed by atoms with Gasteiger partial charge in [0, 0.05) is 11.8 Å². The Morgan fingerprint density at radius 1 is 1.35 bits per heavy atom. The number of hydrogen-bond donors (Lipinski definition) is 2. The maximum absolute atomic E-state index is 12.1. The van der Waals surface area contributed by atoms with Crippen LogP contribution in [-0.4, -0.2) is 10.9 Å². The van der Waals surface area contributed by atoms with E-state index >= 15 is 0 Å². The first-order valence-electron chi connectivity index (χ1n) is 7.43. The number of nitrogens with one attached hydrogen (secondary N) is 1. The summed E-state index contributed by atoms with van der Waals surface area (Å²) in [5.41, 5.74) is 6.77. The Morgan fingerprint density at radius 3 is 2.55 bits per heavy atom. The first-order valence-corrected chi connectivity index (χ1v) is 8.24. The molecule has 5 heteroatoms. The molecule has 1 saturated carbocycles. The molecule has 3 N–H and O–H groups in total. The van der Waals surface area contributed by atoms with Crippen molar-refractivity contribution in [1.82, 2.24) is 4.98 Å². The molecular formula is C15H25N3OS. The Labute approximate surface area is 125 Å². The average Bonchev–Trinajstić information content (AvgIpc) is 2.71. The molecule has 2 rings (SSSR count). The van der Waals surface area contributed by atoms with Crippen molar-refractivity contribution in [3.05, 3.63) is 5.69 Å². The Hall–Kier alpha value is -1.10. The van der Waals surface area contributed by atoms with Crippen LogP contribution < -0.4 is 11.1 Å². The molecule has 4 nitrogen and oxygen atoms in total. The lowest BCUT2D eigenvalue weighted by Crippen LogP contribution is -2.18. The lowest BCUT2D eigenvalue weighted by atomic mass is 9.87. The van der Waals surface area contributed by atoms with Crippen LogP contribution in [0, 0.1) is 5.92 Å². The summed E-state index contributed by atoms with van der Waals surface area (Å²) in [6.45, 7) is 6.23. The van der Waals surface area contributed by atoms with E-state index in [9.17, 15) is 4.79 Å². The van der Waals surface area contributed by atoms with Crippen molar-refractivity contribution in [1.29, 1.82) is 0 Å². The van der Waals surface area contributed by atoms with Gasteiger partial charge in [0.1, 0.15) is 5.00 Å². The molecule has 1 aliphatic carbocycles. The van der Waals surface area contributed by atoms with Gasteiger partial charge in [0.05, 0.1) is 5.69 Å². The van der Waals surface area contributed by atoms with Crippen molar-refractivity contribution >= 4 is 27.4 Å². The van der Waals surface area contributed by atoms with Gasteiger partial charge in [-0.3, -0.25) is 4.79 Å². The monoisotopic (exact) mass is 295 g/mol. The van der Waals surface area contributed by atoms with Crippen LogP contribution in [0.15, 0.2) is 0 Å². The maximum Gasteiger partial charge on any atom is 0.226 e. The number of amides is 1. The summed E-state index contributed by atoms with van der Waals surface area (Å²) in [6, 6.07) is 0. The summed E-state index contributed by atoms with van der Waals surface area (Å²) >= 11 is 1.37. The molecule has 1 aliphatic rings. The number of rotatable bonds is 3. The molecule has 1 heterocycles. The highest BCUT2D eigenvalue weighted by Gasteiger charge is 2.23. The van der Waals surface area contributed by atoms with Crippen LogP contribution in [0.2, 0.25) is 0 Å². The molecule has 1 aromatic rings. The molecule has 1 amide bonds. The van der Waals surface area contributed by atoms with Crippen molar-refractivity contribution in [2.24, 2.45) is 5.92 Å². The highest BCUT2D eigenvalue weighted by atomic mass is 32.1. The first kappa shape index (κ1) is 15.3. The molecule has 1 fully saturated rings. The number of nitrogens with zero attached hydrogens (tertiary/aromatic N) is 1. The molecule has 0 radical (unpaired) electrons. The number of nitrogen functional groups attached to an aromatic ring is 1. The average molecular weight is 295 g/mol. The van der Waals surface area contributed by atoms with Crippen molar-refractivity contribution in [3.63, 3.8) is 0 Å². The van der Waals surface area contributed by atoms with E-state index in [0.29, 0.717) is 22.5 Å². The van der Waals surface area contributed by atoms with Crippen LogP contribution in [0.1, 0.15) is 65.0 Å². The van der Waals surface area contributed by atoms with Crippen LogP contribution in [0.5, 0.6) is 0 Å². The van der Waals surface area contributed by atoms with Gasteiger partial charge in [-0.05, 0) is 18.8 Å². The standard InChI is InChI=1S/C15H25N3OS/c1-15(2,3)12-13(16)20-14(18-12)17-11(19)9-10-7-5-4-6-8-10/h10H,4-9,16H2,1-3H3,(H,17,18,19). The molecule has 0 saturated heterocycles. The maximum atomic E-state index is 12.1. The van der Waals surface area contributed by atoms with E-state index in [-0.39, 0.29) is 11.3 Å². The number of carbonyl (C=O) groups excluding carboxylic acids is 1. The normalized spacial score (nSPS) is 17.1. The third-order valence-electron chi connectivity index (χ3n) is 3.81. The predicted molar refractivity (Wildman–Crippen MR) is 85.0 cm³/mol. The quantitative estimate of drug-likeness (QED) is 0.887. The van der Waals surface area contributed by atoms with Gasteiger partial charge < -0.3 is 11.1 Å². The second-order valence-corrected chi connectivity index (χ2v) is 7.77. The number of carbonyl (C=O) groups is 1. The number of thiazole rings is 1. The number of nitrogens with two attached hydrogens (primary N) is 1. The van der Waals surface area contributed by atoms with Gasteiger partial charge in [0.2, 0.25) is 5.91 Å². The van der Waals surface area contributed by atoms with Crippen molar-refractivity contribution in [2.45, 2.75) is 64.7 Å². The molecule has 0 unspecified atom stereocenters. The Kier molecular flexibility index (Phi) is 4.68. The predicted octanol–water partition coefficient (Wildman–Crippen LogP) is 3.93. The zero-order chi connectivity index (χ0) is 14.8. The largest absolute Gasteiger partial charge is 0.389 e. The van der Waals surface area contributed by atoms with Crippen LogP contribution in [0.3, 0.4) is 0 Å². The number of anilines is 2. The van der Waals surface area contributed by atoms with Crippen molar-refractivity contribution in [3.8, 4) is 0 Å². The SMILES string of the molecule is CC(C)(C)c1nc(NC(=O)CC2CCCCC2)sc1N. The van der Waals surface area contributed by atoms with E-state index in [1.54, 1.807) is 0 Å². The molecule has 0 aliphatic heterocycles. The fraction of sp³-hybridized carbons (Fsp3) is 0.733. The molecule has 0 bridgehead atoms. The second kappa shape index (κ2) is 6.12. The van der Waals surface area contributed by atoms with Crippen molar-refractivity contribution in [2.75, 3.05) is 11.1 Å². The Balaban J connectivity index is 1.94. The van der Waals surface area contributed by atoms with E-state index in [2.05, 4.69) is 31.1 Å². The van der Waals surface area contributed by atoms with E-state index in [1.807, 2.05) is 0 Å². The van der Waals surface area contributed by atoms with Crippen LogP contribution in [0.25, 0.3) is 0 Å². The highest BCUT2D eigenvalue weighted by molar-refractivity contribution is 7.19. The minimum atomic E-state index is -0.0903. The summed E-state index contributed by atoms with van der Waals surface area (Å²) in [5.74, 6) is 0.620. The van der Waals surface area contributed by atoms with E-state index < -0.39 is 0 Å². The molecule has 0 spiro atoms. The Morgan fingerprint density at radius 2 is 2.00 bits per heavy atom. The van der Waals surface area contributed by atoms with Gasteiger partial charge in [0.25, 0.3) is 0 Å². The number of hydrogen-bond acceptors (Lipinski definition) is 4. The zero-order valence-electron chi connectivity index (χ0n) is 12.7. The van der Waals surface area contributed by atoms with Gasteiger partial charge in [-0.2, -0.15) is 0 Å². The topological polar surface area (TPSA) is 68.0 Å². The van der Waals surface area contributed by atoms with Gasteiger partial charge in [-0.15, -0.1) is 0 Å². The lowest BCUT2D eigenvalue weighted by molar-refractivity contribution is -0.117. The van der Waals surface area contributed by atoms with Gasteiger partial charge in [-0.1, -0.05) is 51.4 Å². The molecular weight excluding hydrogens is 270 g/mol. The summed E-state index contributed by atoms with van der Waals surface area (Å²) < 4.78 is 0. The third kappa shape index (κ3) is 3.95. The highest BCUT2D eigenvalue weighted by Crippen LogP contribution is 2.34. The smallest absolute Gasteiger partial charge is 0.226 e. The first-order chi connectivity index (χ1) is 9.36. The third-order valence-corrected chi connectivity index (χ3v) is 4.61. The van der Waals surface area contributed by atoms with Gasteiger partial charge in [-0.25, -0.2) is 4.98 Å². The second-order valence-electron chi connectivity index (χ2n) is 6.74. The Bertz CT molecular complexity index is 470. The van der Waals surface area contributed by atoms with Crippen LogP contribution in [0.4, 0.5) is 10.1 Å². The van der Waals surface area contributed by atoms with Gasteiger partial charge >= 0.3 is 0 Å². The molecule has 20 heavy (non-hydrogen) atoms. The molecule has 0 atom stereocenters. The summed E-state index contributed by atoms with van der Waals surface area (Å²) in [7, 11) is 0. The molecule has 1 aromatic heterocycles.